The van der Waals surface area contributed by atoms with Gasteiger partial charge < -0.3 is 14.5 Å². The molecule has 0 aliphatic carbocycles. The summed E-state index contributed by atoms with van der Waals surface area (Å²) in [5, 5.41) is 10.3. The number of ether oxygens (including phenoxy) is 2. The van der Waals surface area contributed by atoms with Crippen molar-refractivity contribution in [2.24, 2.45) is 0 Å². The number of nitrogens with zero attached hydrogens (tertiary/aromatic N) is 2. The van der Waals surface area contributed by atoms with Crippen LogP contribution < -0.4 is 0 Å². The van der Waals surface area contributed by atoms with Crippen molar-refractivity contribution in [2.45, 2.75) is 56.4 Å². The highest BCUT2D eigenvalue weighted by Crippen LogP contribution is 2.53. The summed E-state index contributed by atoms with van der Waals surface area (Å²) in [6.45, 7) is 2.89. The van der Waals surface area contributed by atoms with Gasteiger partial charge in [-0.15, -0.1) is 0 Å². The molecular weight excluding hydrogens is 358 g/mol. The zero-order valence-electron chi connectivity index (χ0n) is 15.6. The molecule has 1 N–H and O–H groups in total. The number of esters is 2. The first kappa shape index (κ1) is 17.3. The average molecular weight is 379 g/mol. The number of aromatic amines is 1. The summed E-state index contributed by atoms with van der Waals surface area (Å²) >= 11 is 0. The Hall–Kier alpha value is -2.85. The van der Waals surface area contributed by atoms with Crippen LogP contribution in [0, 0.1) is 11.3 Å². The van der Waals surface area contributed by atoms with Gasteiger partial charge in [-0.25, -0.2) is 9.59 Å². The second-order valence-electron chi connectivity index (χ2n) is 7.89. The Bertz CT molecular complexity index is 1020. The molecule has 7 heteroatoms. The number of aromatic nitrogens is 1. The number of carbonyl (C=O) groups is 2. The Balaban J connectivity index is 1.61. The van der Waals surface area contributed by atoms with E-state index in [-0.39, 0.29) is 12.0 Å². The SMILES string of the molecule is CCCN1C2CCC13OC(=O)C(=O)OC3C(c1cc3c(C#N)cccc3[nH]1)C2. The molecule has 3 fully saturated rings. The van der Waals surface area contributed by atoms with Gasteiger partial charge in [-0.2, -0.15) is 5.26 Å². The van der Waals surface area contributed by atoms with E-state index in [2.05, 4.69) is 22.9 Å². The maximum absolute atomic E-state index is 12.1. The van der Waals surface area contributed by atoms with Crippen molar-refractivity contribution in [2.75, 3.05) is 6.54 Å². The van der Waals surface area contributed by atoms with Crippen LogP contribution in [0.25, 0.3) is 10.9 Å². The minimum atomic E-state index is -0.920. The number of hydrogen-bond acceptors (Lipinski definition) is 6. The molecule has 3 saturated heterocycles. The topological polar surface area (TPSA) is 95.4 Å². The van der Waals surface area contributed by atoms with Crippen LogP contribution in [0.5, 0.6) is 0 Å². The van der Waals surface area contributed by atoms with E-state index in [1.807, 2.05) is 18.2 Å². The molecule has 3 aliphatic rings. The Morgan fingerprint density at radius 3 is 3.00 bits per heavy atom. The summed E-state index contributed by atoms with van der Waals surface area (Å²) < 4.78 is 11.4. The van der Waals surface area contributed by atoms with Gasteiger partial charge >= 0.3 is 11.9 Å². The maximum atomic E-state index is 12.1. The standard InChI is InChI=1S/C21H21N3O4/c1-2-8-24-13-6-7-21(24)18(27-19(25)20(26)28-21)15(9-13)17-10-14-12(11-22)4-3-5-16(14)23-17/h3-5,10,13,15,18,23H,2,6-9H2,1H3. The molecule has 4 heterocycles. The van der Waals surface area contributed by atoms with Crippen LogP contribution in [-0.4, -0.2) is 46.2 Å². The van der Waals surface area contributed by atoms with Crippen molar-refractivity contribution in [3.05, 3.63) is 35.5 Å². The highest BCUT2D eigenvalue weighted by molar-refractivity contribution is 6.30. The minimum Gasteiger partial charge on any atom is -0.447 e. The average Bonchev–Trinajstić information content (AvgIpc) is 3.22. The highest BCUT2D eigenvalue weighted by Gasteiger charge is 2.65. The fourth-order valence-electron chi connectivity index (χ4n) is 5.35. The molecule has 144 valence electrons. The summed E-state index contributed by atoms with van der Waals surface area (Å²) in [4.78, 5) is 29.8. The van der Waals surface area contributed by atoms with Crippen molar-refractivity contribution in [3.8, 4) is 6.07 Å². The zero-order valence-corrected chi connectivity index (χ0v) is 15.6. The van der Waals surface area contributed by atoms with E-state index in [1.54, 1.807) is 6.07 Å². The minimum absolute atomic E-state index is 0.114. The van der Waals surface area contributed by atoms with Crippen LogP contribution in [0.4, 0.5) is 0 Å². The number of hydrogen-bond donors (Lipinski definition) is 1. The van der Waals surface area contributed by atoms with Crippen LogP contribution in [0.3, 0.4) is 0 Å². The highest BCUT2D eigenvalue weighted by atomic mass is 16.7. The predicted molar refractivity (Wildman–Crippen MR) is 99.1 cm³/mol. The van der Waals surface area contributed by atoms with Crippen molar-refractivity contribution in [1.82, 2.24) is 9.88 Å². The summed E-state index contributed by atoms with van der Waals surface area (Å²) in [7, 11) is 0. The van der Waals surface area contributed by atoms with Gasteiger partial charge in [-0.1, -0.05) is 13.0 Å². The van der Waals surface area contributed by atoms with E-state index >= 15 is 0 Å². The van der Waals surface area contributed by atoms with E-state index in [9.17, 15) is 14.9 Å². The fraction of sp³-hybridized carbons (Fsp3) is 0.476. The second-order valence-corrected chi connectivity index (χ2v) is 7.89. The first-order valence-corrected chi connectivity index (χ1v) is 9.80. The van der Waals surface area contributed by atoms with Crippen LogP contribution in [0.15, 0.2) is 24.3 Å². The first-order valence-electron chi connectivity index (χ1n) is 9.80. The van der Waals surface area contributed by atoms with Gasteiger partial charge in [-0.3, -0.25) is 4.90 Å². The van der Waals surface area contributed by atoms with Gasteiger partial charge in [0, 0.05) is 41.5 Å². The smallest absolute Gasteiger partial charge is 0.419 e. The van der Waals surface area contributed by atoms with Crippen LogP contribution >= 0.6 is 0 Å². The van der Waals surface area contributed by atoms with Gasteiger partial charge in [0.25, 0.3) is 0 Å². The Morgan fingerprint density at radius 1 is 1.36 bits per heavy atom. The predicted octanol–water partition coefficient (Wildman–Crippen LogP) is 2.57. The summed E-state index contributed by atoms with van der Waals surface area (Å²) in [6.07, 6.45) is 2.76. The third kappa shape index (κ3) is 2.24. The molecular formula is C21H21N3O4. The van der Waals surface area contributed by atoms with E-state index in [4.69, 9.17) is 9.47 Å². The number of piperidine rings is 1. The van der Waals surface area contributed by atoms with E-state index in [1.165, 1.54) is 0 Å². The molecule has 28 heavy (non-hydrogen) atoms. The molecule has 0 radical (unpaired) electrons. The second kappa shape index (κ2) is 6.08. The molecule has 7 nitrogen and oxygen atoms in total. The molecule has 3 aliphatic heterocycles. The van der Waals surface area contributed by atoms with Crippen LogP contribution in [0.1, 0.15) is 49.8 Å². The van der Waals surface area contributed by atoms with Crippen LogP contribution in [0.2, 0.25) is 0 Å². The van der Waals surface area contributed by atoms with E-state index in [0.717, 1.165) is 42.4 Å². The van der Waals surface area contributed by atoms with Crippen molar-refractivity contribution < 1.29 is 19.1 Å². The van der Waals surface area contributed by atoms with Crippen molar-refractivity contribution in [3.63, 3.8) is 0 Å². The number of benzene rings is 1. The number of rotatable bonds is 3. The molecule has 0 saturated carbocycles. The molecule has 4 unspecified atom stereocenters. The zero-order chi connectivity index (χ0) is 19.5. The lowest BCUT2D eigenvalue weighted by atomic mass is 9.82. The van der Waals surface area contributed by atoms with E-state index in [0.29, 0.717) is 12.0 Å². The number of nitriles is 1. The van der Waals surface area contributed by atoms with E-state index < -0.39 is 23.8 Å². The molecule has 5 rings (SSSR count). The normalized spacial score (nSPS) is 31.9. The van der Waals surface area contributed by atoms with Crippen molar-refractivity contribution >= 4 is 22.8 Å². The Kier molecular flexibility index (Phi) is 3.75. The molecule has 1 aromatic heterocycles. The lowest BCUT2D eigenvalue weighted by molar-refractivity contribution is -0.256. The Morgan fingerprint density at radius 2 is 2.21 bits per heavy atom. The number of fused-ring (bicyclic) bond motifs is 2. The molecule has 1 aromatic carbocycles. The Labute approximate surface area is 162 Å². The monoisotopic (exact) mass is 379 g/mol. The maximum Gasteiger partial charge on any atom is 0.419 e. The quantitative estimate of drug-likeness (QED) is 0.650. The lowest BCUT2D eigenvalue weighted by Crippen LogP contribution is -2.67. The first-order chi connectivity index (χ1) is 13.6. The molecule has 2 bridgehead atoms. The van der Waals surface area contributed by atoms with Gasteiger partial charge in [0.2, 0.25) is 5.72 Å². The lowest BCUT2D eigenvalue weighted by Gasteiger charge is -2.52. The summed E-state index contributed by atoms with van der Waals surface area (Å²) in [6, 6.07) is 10.0. The number of nitrogens with one attached hydrogen (secondary N) is 1. The largest absolute Gasteiger partial charge is 0.447 e. The third-order valence-electron chi connectivity index (χ3n) is 6.44. The van der Waals surface area contributed by atoms with Gasteiger partial charge in [-0.05, 0) is 37.5 Å². The number of carbonyl (C=O) groups excluding carboxylic acids is 2. The fourth-order valence-corrected chi connectivity index (χ4v) is 5.35. The molecule has 0 amide bonds. The molecule has 1 spiro atoms. The van der Waals surface area contributed by atoms with Crippen LogP contribution in [-0.2, 0) is 19.1 Å². The summed E-state index contributed by atoms with van der Waals surface area (Å²) in [5.41, 5.74) is 1.52. The molecule has 2 aromatic rings. The van der Waals surface area contributed by atoms with Crippen molar-refractivity contribution in [1.29, 1.82) is 5.26 Å². The van der Waals surface area contributed by atoms with Gasteiger partial charge in [0.1, 0.15) is 0 Å². The summed E-state index contributed by atoms with van der Waals surface area (Å²) in [5.74, 6) is -1.94. The van der Waals surface area contributed by atoms with Gasteiger partial charge in [0.05, 0.1) is 11.6 Å². The third-order valence-corrected chi connectivity index (χ3v) is 6.44. The molecule has 4 atom stereocenters. The number of H-pyrrole nitrogens is 1. The van der Waals surface area contributed by atoms with Gasteiger partial charge in [0.15, 0.2) is 6.10 Å².